The standard InChI is InChI=1S/C15H13N3O5/c1-16-8-11(18(22)23)7-13(16)14(19)17-5-4-9-6-10(15(20)21)2-3-12(9)17/h2-3,6-8H,4-5H2,1H3,(H,20,21). The van der Waals surface area contributed by atoms with Gasteiger partial charge in [0.05, 0.1) is 16.7 Å². The van der Waals surface area contributed by atoms with Crippen molar-refractivity contribution in [3.8, 4) is 0 Å². The lowest BCUT2D eigenvalue weighted by Crippen LogP contribution is -2.30. The first-order chi connectivity index (χ1) is 10.9. The number of hydrogen-bond donors (Lipinski definition) is 1. The molecule has 0 spiro atoms. The van der Waals surface area contributed by atoms with Crippen LogP contribution in [0.3, 0.4) is 0 Å². The van der Waals surface area contributed by atoms with Gasteiger partial charge in [-0.3, -0.25) is 14.9 Å². The van der Waals surface area contributed by atoms with Crippen molar-refractivity contribution in [2.75, 3.05) is 11.4 Å². The lowest BCUT2D eigenvalue weighted by Gasteiger charge is -2.17. The maximum absolute atomic E-state index is 12.7. The molecule has 3 rings (SSSR count). The summed E-state index contributed by atoms with van der Waals surface area (Å²) in [6.45, 7) is 0.413. The summed E-state index contributed by atoms with van der Waals surface area (Å²) in [7, 11) is 1.57. The van der Waals surface area contributed by atoms with Gasteiger partial charge in [-0.25, -0.2) is 4.79 Å². The van der Waals surface area contributed by atoms with Crippen LogP contribution < -0.4 is 4.90 Å². The Morgan fingerprint density at radius 3 is 2.65 bits per heavy atom. The number of rotatable bonds is 3. The summed E-state index contributed by atoms with van der Waals surface area (Å²) in [6.07, 6.45) is 1.84. The van der Waals surface area contributed by atoms with Gasteiger partial charge in [0.15, 0.2) is 0 Å². The van der Waals surface area contributed by atoms with Crippen molar-refractivity contribution in [1.82, 2.24) is 4.57 Å². The molecule has 23 heavy (non-hydrogen) atoms. The zero-order chi connectivity index (χ0) is 16.7. The van der Waals surface area contributed by atoms with Gasteiger partial charge < -0.3 is 14.6 Å². The number of aromatic nitrogens is 1. The van der Waals surface area contributed by atoms with Crippen molar-refractivity contribution in [3.63, 3.8) is 0 Å². The molecule has 8 nitrogen and oxygen atoms in total. The Labute approximate surface area is 130 Å². The summed E-state index contributed by atoms with van der Waals surface area (Å²) in [6, 6.07) is 5.84. The molecule has 1 aliphatic heterocycles. The Morgan fingerprint density at radius 2 is 2.04 bits per heavy atom. The minimum absolute atomic E-state index is 0.142. The Kier molecular flexibility index (Phi) is 3.36. The number of anilines is 1. The molecule has 1 aromatic heterocycles. The molecule has 2 heterocycles. The van der Waals surface area contributed by atoms with E-state index in [9.17, 15) is 19.7 Å². The molecular weight excluding hydrogens is 302 g/mol. The van der Waals surface area contributed by atoms with Gasteiger partial charge in [0, 0.05) is 25.3 Å². The highest BCUT2D eigenvalue weighted by Gasteiger charge is 2.29. The second-order valence-corrected chi connectivity index (χ2v) is 5.31. The predicted octanol–water partition coefficient (Wildman–Crippen LogP) is 1.83. The summed E-state index contributed by atoms with van der Waals surface area (Å²) in [4.78, 5) is 35.4. The highest BCUT2D eigenvalue weighted by atomic mass is 16.6. The van der Waals surface area contributed by atoms with E-state index in [0.29, 0.717) is 18.7 Å². The molecule has 0 fully saturated rings. The molecule has 0 saturated carbocycles. The van der Waals surface area contributed by atoms with Gasteiger partial charge in [-0.1, -0.05) is 0 Å². The number of carboxylic acid groups (broad SMARTS) is 1. The molecule has 118 valence electrons. The van der Waals surface area contributed by atoms with Crippen molar-refractivity contribution in [2.45, 2.75) is 6.42 Å². The molecule has 0 bridgehead atoms. The van der Waals surface area contributed by atoms with E-state index < -0.39 is 10.9 Å². The first-order valence-electron chi connectivity index (χ1n) is 6.87. The lowest BCUT2D eigenvalue weighted by atomic mass is 10.1. The third-order valence-corrected chi connectivity index (χ3v) is 3.89. The van der Waals surface area contributed by atoms with E-state index in [1.54, 1.807) is 19.2 Å². The molecule has 1 N–H and O–H groups in total. The molecule has 1 aromatic carbocycles. The fourth-order valence-electron chi connectivity index (χ4n) is 2.74. The van der Waals surface area contributed by atoms with E-state index in [2.05, 4.69) is 0 Å². The minimum Gasteiger partial charge on any atom is -0.478 e. The topological polar surface area (TPSA) is 106 Å². The van der Waals surface area contributed by atoms with Crippen molar-refractivity contribution >= 4 is 23.3 Å². The van der Waals surface area contributed by atoms with Gasteiger partial charge in [0.2, 0.25) is 0 Å². The van der Waals surface area contributed by atoms with Crippen LogP contribution in [0.15, 0.2) is 30.5 Å². The second kappa shape index (κ2) is 5.24. The second-order valence-electron chi connectivity index (χ2n) is 5.31. The van der Waals surface area contributed by atoms with Gasteiger partial charge in [-0.05, 0) is 30.2 Å². The Hall–Kier alpha value is -3.16. The smallest absolute Gasteiger partial charge is 0.335 e. The van der Waals surface area contributed by atoms with E-state index in [1.807, 2.05) is 0 Å². The van der Waals surface area contributed by atoms with Crippen LogP contribution in [0.1, 0.15) is 26.4 Å². The number of hydrogen-bond acceptors (Lipinski definition) is 4. The number of carbonyl (C=O) groups excluding carboxylic acids is 1. The minimum atomic E-state index is -1.02. The zero-order valence-electron chi connectivity index (χ0n) is 12.2. The number of nitrogens with zero attached hydrogens (tertiary/aromatic N) is 3. The van der Waals surface area contributed by atoms with E-state index in [-0.39, 0.29) is 22.9 Å². The van der Waals surface area contributed by atoms with Gasteiger partial charge in [0.25, 0.3) is 11.6 Å². The Bertz CT molecular complexity index is 840. The summed E-state index contributed by atoms with van der Waals surface area (Å²) in [5, 5.41) is 19.8. The number of nitro groups is 1. The van der Waals surface area contributed by atoms with Gasteiger partial charge >= 0.3 is 5.97 Å². The average molecular weight is 315 g/mol. The SMILES string of the molecule is Cn1cc([N+](=O)[O-])cc1C(=O)N1CCc2cc(C(=O)O)ccc21. The average Bonchev–Trinajstić information content (AvgIpc) is 3.09. The zero-order valence-corrected chi connectivity index (χ0v) is 12.2. The van der Waals surface area contributed by atoms with E-state index in [1.165, 1.54) is 27.8 Å². The molecule has 8 heteroatoms. The highest BCUT2D eigenvalue weighted by Crippen LogP contribution is 2.31. The molecule has 1 aliphatic rings. The summed E-state index contributed by atoms with van der Waals surface area (Å²) in [5.41, 5.74) is 1.67. The van der Waals surface area contributed by atoms with E-state index in [0.717, 1.165) is 5.56 Å². The predicted molar refractivity (Wildman–Crippen MR) is 80.8 cm³/mol. The molecule has 0 aliphatic carbocycles. The van der Waals surface area contributed by atoms with E-state index >= 15 is 0 Å². The van der Waals surface area contributed by atoms with Crippen LogP contribution >= 0.6 is 0 Å². The van der Waals surface area contributed by atoms with Crippen LogP contribution in [0.2, 0.25) is 0 Å². The molecule has 0 atom stereocenters. The largest absolute Gasteiger partial charge is 0.478 e. The molecular formula is C15H13N3O5. The van der Waals surface area contributed by atoms with Crippen molar-refractivity contribution < 1.29 is 19.6 Å². The molecule has 0 unspecified atom stereocenters. The van der Waals surface area contributed by atoms with Crippen LogP contribution in [0.5, 0.6) is 0 Å². The first-order valence-corrected chi connectivity index (χ1v) is 6.87. The van der Waals surface area contributed by atoms with Crippen LogP contribution in [0.25, 0.3) is 0 Å². The highest BCUT2D eigenvalue weighted by molar-refractivity contribution is 6.07. The normalized spacial score (nSPS) is 13.0. The summed E-state index contributed by atoms with van der Waals surface area (Å²) >= 11 is 0. The molecule has 0 saturated heterocycles. The third-order valence-electron chi connectivity index (χ3n) is 3.89. The number of carbonyl (C=O) groups is 2. The fraction of sp³-hybridized carbons (Fsp3) is 0.200. The number of aryl methyl sites for hydroxylation is 1. The maximum atomic E-state index is 12.7. The van der Waals surface area contributed by atoms with Crippen LogP contribution in [-0.2, 0) is 13.5 Å². The number of amides is 1. The van der Waals surface area contributed by atoms with Gasteiger partial charge in [-0.2, -0.15) is 0 Å². The molecule has 0 radical (unpaired) electrons. The van der Waals surface area contributed by atoms with Gasteiger partial charge in [0.1, 0.15) is 5.69 Å². The quantitative estimate of drug-likeness (QED) is 0.687. The summed E-state index contributed by atoms with van der Waals surface area (Å²) in [5.74, 6) is -1.36. The maximum Gasteiger partial charge on any atom is 0.335 e. The van der Waals surface area contributed by atoms with Crippen LogP contribution in [0.4, 0.5) is 11.4 Å². The van der Waals surface area contributed by atoms with Crippen molar-refractivity contribution in [3.05, 3.63) is 57.4 Å². The number of benzene rings is 1. The Morgan fingerprint density at radius 1 is 1.30 bits per heavy atom. The first kappa shape index (κ1) is 14.8. The molecule has 1 amide bonds. The fourth-order valence-corrected chi connectivity index (χ4v) is 2.74. The van der Waals surface area contributed by atoms with Crippen molar-refractivity contribution in [2.24, 2.45) is 7.05 Å². The van der Waals surface area contributed by atoms with Crippen LogP contribution in [-0.4, -0.2) is 33.0 Å². The lowest BCUT2D eigenvalue weighted by molar-refractivity contribution is -0.384. The van der Waals surface area contributed by atoms with Crippen molar-refractivity contribution in [1.29, 1.82) is 0 Å². The van der Waals surface area contributed by atoms with Gasteiger partial charge in [-0.15, -0.1) is 0 Å². The number of aromatic carboxylic acids is 1. The number of carboxylic acids is 1. The molecule has 2 aromatic rings. The van der Waals surface area contributed by atoms with Crippen LogP contribution in [0, 0.1) is 10.1 Å². The third kappa shape index (κ3) is 2.44. The number of fused-ring (bicyclic) bond motifs is 1. The summed E-state index contributed by atoms with van der Waals surface area (Å²) < 4.78 is 1.42. The monoisotopic (exact) mass is 315 g/mol. The van der Waals surface area contributed by atoms with E-state index in [4.69, 9.17) is 5.11 Å². The Balaban J connectivity index is 1.95.